The van der Waals surface area contributed by atoms with Gasteiger partial charge >= 0.3 is 0 Å². The molecule has 11 heteroatoms. The molecular formula is C40H45Cl2N3O6. The first-order valence-electron chi connectivity index (χ1n) is 19.0. The molecule has 6 aliphatic carbocycles. The van der Waals surface area contributed by atoms with Crippen molar-refractivity contribution in [1.29, 1.82) is 0 Å². The van der Waals surface area contributed by atoms with E-state index in [0.717, 1.165) is 85.5 Å². The maximum absolute atomic E-state index is 13.5. The second-order valence-electron chi connectivity index (χ2n) is 17.8. The van der Waals surface area contributed by atoms with Crippen molar-refractivity contribution in [3.05, 3.63) is 69.0 Å². The zero-order chi connectivity index (χ0) is 32.4. The molecule has 270 valence electrons. The molecule has 8 atom stereocenters. The number of aromatic hydroxyl groups is 2. The normalized spacial score (nSPS) is 39.7. The third-order valence-electron chi connectivity index (χ3n) is 15.7. The summed E-state index contributed by atoms with van der Waals surface area (Å²) in [5, 5.41) is 49.4. The average Bonchev–Trinajstić information content (AvgIpc) is 3.98. The maximum atomic E-state index is 13.5. The summed E-state index contributed by atoms with van der Waals surface area (Å²) in [5.41, 5.74) is 4.93. The molecule has 2 spiro atoms. The van der Waals surface area contributed by atoms with Crippen LogP contribution < -0.4 is 9.47 Å². The molecule has 0 radical (unpaired) electrons. The Labute approximate surface area is 309 Å². The van der Waals surface area contributed by atoms with Crippen molar-refractivity contribution in [2.24, 2.45) is 11.8 Å². The molecule has 4 fully saturated rings. The van der Waals surface area contributed by atoms with Gasteiger partial charge in [-0.1, -0.05) is 12.1 Å². The minimum absolute atomic E-state index is 0. The number of likely N-dealkylation sites (tertiary alicyclic amines) is 2. The van der Waals surface area contributed by atoms with Crippen LogP contribution in [0.15, 0.2) is 24.3 Å². The van der Waals surface area contributed by atoms with Crippen LogP contribution in [0.25, 0.3) is 0 Å². The fraction of sp³-hybridized carbons (Fsp3) is 0.600. The number of phenols is 2. The molecule has 4 bridgehead atoms. The lowest BCUT2D eigenvalue weighted by atomic mass is 9.47. The molecule has 8 unspecified atom stereocenters. The minimum Gasteiger partial charge on any atom is -0.504 e. The Kier molecular flexibility index (Phi) is 6.06. The number of aromatic amines is 1. The maximum Gasteiger partial charge on any atom is 0.166 e. The number of fused-ring (bicyclic) bond motifs is 5. The van der Waals surface area contributed by atoms with Crippen molar-refractivity contribution >= 4 is 24.8 Å². The van der Waals surface area contributed by atoms with Crippen LogP contribution in [0.5, 0.6) is 23.0 Å². The molecule has 1 aromatic heterocycles. The molecular weight excluding hydrogens is 689 g/mol. The van der Waals surface area contributed by atoms with E-state index in [4.69, 9.17) is 9.47 Å². The minimum atomic E-state index is -1.09. The van der Waals surface area contributed by atoms with Crippen molar-refractivity contribution in [3.8, 4) is 23.0 Å². The molecule has 9 nitrogen and oxygen atoms in total. The fourth-order valence-corrected chi connectivity index (χ4v) is 13.4. The number of ether oxygens (including phenoxy) is 2. The number of rotatable bonds is 4. The van der Waals surface area contributed by atoms with Gasteiger partial charge in [0.1, 0.15) is 0 Å². The molecule has 4 aliphatic heterocycles. The number of H-pyrrole nitrogens is 1. The molecule has 2 saturated carbocycles. The quantitative estimate of drug-likeness (QED) is 0.263. The summed E-state index contributed by atoms with van der Waals surface area (Å²) in [6.45, 7) is 3.84. The van der Waals surface area contributed by atoms with E-state index in [-0.39, 0.29) is 48.4 Å². The van der Waals surface area contributed by atoms with Gasteiger partial charge in [0, 0.05) is 49.1 Å². The Hall–Kier alpha value is -2.66. The van der Waals surface area contributed by atoms with Gasteiger partial charge in [-0.2, -0.15) is 0 Å². The summed E-state index contributed by atoms with van der Waals surface area (Å²) in [4.78, 5) is 9.05. The van der Waals surface area contributed by atoms with Crippen molar-refractivity contribution in [3.63, 3.8) is 0 Å². The molecule has 3 aromatic rings. The Balaban J connectivity index is 0.00000155. The summed E-state index contributed by atoms with van der Waals surface area (Å²) in [6.07, 6.45) is 8.06. The van der Waals surface area contributed by atoms with E-state index < -0.39 is 34.2 Å². The summed E-state index contributed by atoms with van der Waals surface area (Å²) in [5.74, 6) is 2.77. The van der Waals surface area contributed by atoms with Gasteiger partial charge < -0.3 is 34.9 Å². The van der Waals surface area contributed by atoms with E-state index >= 15 is 0 Å². The first-order chi connectivity index (χ1) is 23.7. The second kappa shape index (κ2) is 9.71. The highest BCUT2D eigenvalue weighted by Crippen LogP contribution is 2.72. The third kappa shape index (κ3) is 3.39. The number of aliphatic hydroxyl groups is 2. The predicted molar refractivity (Wildman–Crippen MR) is 192 cm³/mol. The third-order valence-corrected chi connectivity index (χ3v) is 15.7. The zero-order valence-corrected chi connectivity index (χ0v) is 30.1. The van der Waals surface area contributed by atoms with E-state index in [9.17, 15) is 20.4 Å². The van der Waals surface area contributed by atoms with E-state index in [2.05, 4.69) is 26.9 Å². The predicted octanol–water partition coefficient (Wildman–Crippen LogP) is 4.67. The molecule has 5 N–H and O–H groups in total. The molecule has 2 saturated heterocycles. The highest BCUT2D eigenvalue weighted by atomic mass is 35.5. The lowest BCUT2D eigenvalue weighted by molar-refractivity contribution is -0.176. The fourth-order valence-electron chi connectivity index (χ4n) is 13.4. The van der Waals surface area contributed by atoms with Crippen molar-refractivity contribution in [1.82, 2.24) is 14.8 Å². The summed E-state index contributed by atoms with van der Waals surface area (Å²) in [7, 11) is 0. The first-order valence-corrected chi connectivity index (χ1v) is 19.0. The van der Waals surface area contributed by atoms with Crippen molar-refractivity contribution < 1.29 is 29.9 Å². The smallest absolute Gasteiger partial charge is 0.166 e. The van der Waals surface area contributed by atoms with Crippen molar-refractivity contribution in [2.45, 2.75) is 111 Å². The Morgan fingerprint density at radius 2 is 1.10 bits per heavy atom. The number of benzene rings is 2. The first kappa shape index (κ1) is 31.8. The number of hydrogen-bond acceptors (Lipinski definition) is 8. The van der Waals surface area contributed by atoms with Crippen LogP contribution in [-0.4, -0.2) is 84.7 Å². The lowest BCUT2D eigenvalue weighted by Crippen LogP contribution is -2.75. The average molecular weight is 735 g/mol. The standard InChI is InChI=1S/C40H43N3O6.2ClH/c44-25-7-5-21-13-27-39(46)15-23-24-16-40(47)28-14-22-6-8-26(45)34-30(22)38(40,10-12-43(28)18-20-3-4-20)36(49-34)32(24)41-31(23)35-37(39,29(21)33(25)48-35)9-11-42(27)17-19-1-2-19;;/h5-8,19-20,27-28,35-36,41,44-47H,1-4,9-18H2;2*1H. The highest BCUT2D eigenvalue weighted by molar-refractivity contribution is 5.85. The Bertz CT molecular complexity index is 1920. The van der Waals surface area contributed by atoms with Crippen LogP contribution in [0, 0.1) is 11.8 Å². The molecule has 51 heavy (non-hydrogen) atoms. The molecule has 2 aromatic carbocycles. The van der Waals surface area contributed by atoms with E-state index in [0.29, 0.717) is 36.2 Å². The SMILES string of the molecule is Cl.Cl.Oc1ccc2c3c1OC1c4[nH]c5c(c4CC4(O)C(C2)N(CC2CC2)CCC314)CC1(O)C2Cc3ccc(O)c4c3C1(CCN2CC1CC1)C5O4. The topological polar surface area (TPSA) is 122 Å². The van der Waals surface area contributed by atoms with Crippen LogP contribution in [-0.2, 0) is 36.5 Å². The largest absolute Gasteiger partial charge is 0.504 e. The van der Waals surface area contributed by atoms with Gasteiger partial charge in [0.15, 0.2) is 35.2 Å². The number of hydrogen-bond donors (Lipinski definition) is 5. The molecule has 13 rings (SSSR count). The zero-order valence-electron chi connectivity index (χ0n) is 28.5. The van der Waals surface area contributed by atoms with Crippen LogP contribution in [0.3, 0.4) is 0 Å². The van der Waals surface area contributed by atoms with Gasteiger partial charge in [-0.15, -0.1) is 24.8 Å². The molecule has 10 aliphatic rings. The monoisotopic (exact) mass is 733 g/mol. The number of aromatic nitrogens is 1. The van der Waals surface area contributed by atoms with Gasteiger partial charge in [-0.05, 0) is 111 Å². The van der Waals surface area contributed by atoms with E-state index in [1.807, 2.05) is 0 Å². The highest BCUT2D eigenvalue weighted by Gasteiger charge is 2.76. The Morgan fingerprint density at radius 3 is 1.51 bits per heavy atom. The van der Waals surface area contributed by atoms with Crippen molar-refractivity contribution in [2.75, 3.05) is 26.2 Å². The van der Waals surface area contributed by atoms with Crippen LogP contribution in [0.4, 0.5) is 0 Å². The summed E-state index contributed by atoms with van der Waals surface area (Å²) >= 11 is 0. The second-order valence-corrected chi connectivity index (χ2v) is 17.8. The van der Waals surface area contributed by atoms with E-state index in [1.165, 1.54) is 36.8 Å². The number of nitrogens with one attached hydrogen (secondary N) is 1. The summed E-state index contributed by atoms with van der Waals surface area (Å²) in [6, 6.07) is 7.56. The van der Waals surface area contributed by atoms with Gasteiger partial charge in [0.25, 0.3) is 0 Å². The summed E-state index contributed by atoms with van der Waals surface area (Å²) < 4.78 is 13.9. The Morgan fingerprint density at radius 1 is 0.667 bits per heavy atom. The van der Waals surface area contributed by atoms with Gasteiger partial charge in [-0.25, -0.2) is 0 Å². The molecule has 0 amide bonds. The number of nitrogens with zero attached hydrogens (tertiary/aromatic N) is 2. The van der Waals surface area contributed by atoms with Crippen LogP contribution in [0.2, 0.25) is 0 Å². The number of halogens is 2. The van der Waals surface area contributed by atoms with Crippen LogP contribution in [0.1, 0.15) is 95.5 Å². The number of piperidine rings is 2. The molecule has 5 heterocycles. The van der Waals surface area contributed by atoms with E-state index in [1.54, 1.807) is 12.1 Å². The van der Waals surface area contributed by atoms with Gasteiger partial charge in [0.2, 0.25) is 0 Å². The lowest BCUT2D eigenvalue weighted by Gasteiger charge is -2.63. The van der Waals surface area contributed by atoms with Gasteiger partial charge in [-0.3, -0.25) is 9.80 Å². The number of phenolic OH excluding ortho intramolecular Hbond substituents is 2. The van der Waals surface area contributed by atoms with Crippen LogP contribution >= 0.6 is 24.8 Å². The van der Waals surface area contributed by atoms with Gasteiger partial charge in [0.05, 0.1) is 33.4 Å².